The normalized spacial score (nSPS) is 16.1. The highest BCUT2D eigenvalue weighted by Gasteiger charge is 2.20. The van der Waals surface area contributed by atoms with Gasteiger partial charge in [-0.05, 0) is 6.07 Å². The zero-order valence-electron chi connectivity index (χ0n) is 12.7. The van der Waals surface area contributed by atoms with Gasteiger partial charge in [0.25, 0.3) is 0 Å². The van der Waals surface area contributed by atoms with Crippen LogP contribution in [0.2, 0.25) is 0 Å². The minimum atomic E-state index is 0.606. The molecular weight excluding hydrogens is 284 g/mol. The van der Waals surface area contributed by atoms with E-state index in [1.54, 1.807) is 19.5 Å². The molecule has 0 amide bonds. The van der Waals surface area contributed by atoms with Crippen LogP contribution in [-0.4, -0.2) is 64.9 Å². The smallest absolute Gasteiger partial charge is 0.240 e. The summed E-state index contributed by atoms with van der Waals surface area (Å²) in [7, 11) is 1.66. The van der Waals surface area contributed by atoms with Crippen LogP contribution in [0.1, 0.15) is 11.7 Å². The molecule has 1 saturated heterocycles. The maximum absolute atomic E-state index is 5.28. The lowest BCUT2D eigenvalue weighted by Gasteiger charge is -2.33. The molecule has 8 heteroatoms. The summed E-state index contributed by atoms with van der Waals surface area (Å²) in [5, 5.41) is 3.96. The molecule has 3 rings (SSSR count). The maximum atomic E-state index is 5.28. The fourth-order valence-electron chi connectivity index (χ4n) is 2.40. The number of rotatable bonds is 6. The van der Waals surface area contributed by atoms with Gasteiger partial charge in [-0.15, -0.1) is 0 Å². The molecule has 0 atom stereocenters. The number of anilines is 1. The van der Waals surface area contributed by atoms with Crippen LogP contribution >= 0.6 is 0 Å². The Bertz CT molecular complexity index is 568. The Morgan fingerprint density at radius 1 is 1.18 bits per heavy atom. The Balaban J connectivity index is 1.48. The summed E-state index contributed by atoms with van der Waals surface area (Å²) in [6.07, 6.45) is 4.22. The molecule has 118 valence electrons. The lowest BCUT2D eigenvalue weighted by atomic mass is 10.3. The van der Waals surface area contributed by atoms with Crippen LogP contribution in [0.15, 0.2) is 23.0 Å². The number of aromatic nitrogens is 4. The van der Waals surface area contributed by atoms with Crippen molar-refractivity contribution in [2.75, 3.05) is 44.8 Å². The van der Waals surface area contributed by atoms with Gasteiger partial charge in [0.2, 0.25) is 11.8 Å². The summed E-state index contributed by atoms with van der Waals surface area (Å²) in [6, 6.07) is 1.83. The molecule has 22 heavy (non-hydrogen) atoms. The van der Waals surface area contributed by atoms with Crippen molar-refractivity contribution in [3.8, 4) is 0 Å². The minimum absolute atomic E-state index is 0.606. The summed E-state index contributed by atoms with van der Waals surface area (Å²) in [5.74, 6) is 2.16. The molecule has 1 aliphatic heterocycles. The molecule has 8 nitrogen and oxygen atoms in total. The fraction of sp³-hybridized carbons (Fsp3) is 0.571. The average Bonchev–Trinajstić information content (AvgIpc) is 3.02. The van der Waals surface area contributed by atoms with Crippen molar-refractivity contribution in [1.82, 2.24) is 25.0 Å². The Morgan fingerprint density at radius 2 is 1.95 bits per heavy atom. The van der Waals surface area contributed by atoms with E-state index in [1.807, 2.05) is 6.07 Å². The van der Waals surface area contributed by atoms with Gasteiger partial charge >= 0.3 is 0 Å². The van der Waals surface area contributed by atoms with Crippen molar-refractivity contribution in [1.29, 1.82) is 0 Å². The van der Waals surface area contributed by atoms with Gasteiger partial charge in [0.1, 0.15) is 0 Å². The molecule has 0 radical (unpaired) electrons. The number of methoxy groups -OCH3 is 1. The second-order valence-corrected chi connectivity index (χ2v) is 5.16. The second-order valence-electron chi connectivity index (χ2n) is 5.16. The van der Waals surface area contributed by atoms with Gasteiger partial charge in [-0.25, -0.2) is 9.97 Å². The lowest BCUT2D eigenvalue weighted by molar-refractivity contribution is 0.199. The highest BCUT2D eigenvalue weighted by Crippen LogP contribution is 2.11. The zero-order valence-corrected chi connectivity index (χ0v) is 12.7. The molecule has 0 spiro atoms. The maximum Gasteiger partial charge on any atom is 0.240 e. The van der Waals surface area contributed by atoms with Crippen LogP contribution in [0.4, 0.5) is 5.95 Å². The van der Waals surface area contributed by atoms with Gasteiger partial charge in [0.05, 0.1) is 13.2 Å². The van der Waals surface area contributed by atoms with E-state index in [1.165, 1.54) is 0 Å². The summed E-state index contributed by atoms with van der Waals surface area (Å²) >= 11 is 0. The van der Waals surface area contributed by atoms with E-state index in [0.29, 0.717) is 31.3 Å². The third kappa shape index (κ3) is 3.77. The fourth-order valence-corrected chi connectivity index (χ4v) is 2.40. The Morgan fingerprint density at radius 3 is 2.68 bits per heavy atom. The predicted octanol–water partition coefficient (Wildman–Crippen LogP) is 0.371. The van der Waals surface area contributed by atoms with E-state index >= 15 is 0 Å². The van der Waals surface area contributed by atoms with Crippen molar-refractivity contribution in [3.63, 3.8) is 0 Å². The molecule has 0 aromatic carbocycles. The van der Waals surface area contributed by atoms with Crippen molar-refractivity contribution in [2.45, 2.75) is 13.0 Å². The summed E-state index contributed by atoms with van der Waals surface area (Å²) in [4.78, 5) is 17.4. The number of hydrogen-bond acceptors (Lipinski definition) is 8. The van der Waals surface area contributed by atoms with E-state index < -0.39 is 0 Å². The van der Waals surface area contributed by atoms with Gasteiger partial charge in [-0.1, -0.05) is 5.16 Å². The van der Waals surface area contributed by atoms with Gasteiger partial charge < -0.3 is 14.2 Å². The number of piperazine rings is 1. The van der Waals surface area contributed by atoms with E-state index in [9.17, 15) is 0 Å². The molecule has 2 aromatic heterocycles. The first-order chi connectivity index (χ1) is 10.8. The topological polar surface area (TPSA) is 80.4 Å². The first kappa shape index (κ1) is 14.9. The SMILES string of the molecule is COCCc1noc(CN2CCN(c3ncccn3)CC2)n1. The molecule has 0 aliphatic carbocycles. The third-order valence-electron chi connectivity index (χ3n) is 3.61. The van der Waals surface area contributed by atoms with E-state index in [2.05, 4.69) is 29.9 Å². The first-order valence-corrected chi connectivity index (χ1v) is 7.40. The standard InChI is InChI=1S/C14H20N6O2/c1-21-10-3-12-17-13(22-18-12)11-19-6-8-20(9-7-19)14-15-4-2-5-16-14/h2,4-5H,3,6-11H2,1H3. The van der Waals surface area contributed by atoms with Gasteiger partial charge in [-0.3, -0.25) is 4.90 Å². The van der Waals surface area contributed by atoms with Gasteiger partial charge in [0.15, 0.2) is 5.82 Å². The van der Waals surface area contributed by atoms with Crippen molar-refractivity contribution in [2.24, 2.45) is 0 Å². The molecule has 0 bridgehead atoms. The quantitative estimate of drug-likeness (QED) is 0.757. The van der Waals surface area contributed by atoms with Crippen molar-refractivity contribution >= 4 is 5.95 Å². The summed E-state index contributed by atoms with van der Waals surface area (Å²) in [5.41, 5.74) is 0. The molecule has 1 aliphatic rings. The Labute approximate surface area is 129 Å². The summed E-state index contributed by atoms with van der Waals surface area (Å²) in [6.45, 7) is 4.93. The molecular formula is C14H20N6O2. The van der Waals surface area contributed by atoms with Gasteiger partial charge in [0, 0.05) is 52.1 Å². The molecule has 3 heterocycles. The summed E-state index contributed by atoms with van der Waals surface area (Å²) < 4.78 is 10.3. The third-order valence-corrected chi connectivity index (χ3v) is 3.61. The molecule has 1 fully saturated rings. The lowest BCUT2D eigenvalue weighted by Crippen LogP contribution is -2.46. The molecule has 0 N–H and O–H groups in total. The Hall–Kier alpha value is -2.06. The Kier molecular flexibility index (Phi) is 4.92. The predicted molar refractivity (Wildman–Crippen MR) is 79.4 cm³/mol. The van der Waals surface area contributed by atoms with Crippen molar-refractivity contribution in [3.05, 3.63) is 30.2 Å². The first-order valence-electron chi connectivity index (χ1n) is 7.40. The van der Waals surface area contributed by atoms with Crippen LogP contribution in [0.25, 0.3) is 0 Å². The van der Waals surface area contributed by atoms with E-state index in [-0.39, 0.29) is 0 Å². The highest BCUT2D eigenvalue weighted by atomic mass is 16.5. The number of hydrogen-bond donors (Lipinski definition) is 0. The highest BCUT2D eigenvalue weighted by molar-refractivity contribution is 5.29. The van der Waals surface area contributed by atoms with Crippen molar-refractivity contribution < 1.29 is 9.26 Å². The van der Waals surface area contributed by atoms with E-state index in [0.717, 1.165) is 32.1 Å². The average molecular weight is 304 g/mol. The monoisotopic (exact) mass is 304 g/mol. The molecule has 0 unspecified atom stereocenters. The molecule has 2 aromatic rings. The largest absolute Gasteiger partial charge is 0.384 e. The number of ether oxygens (including phenoxy) is 1. The van der Waals surface area contributed by atoms with Crippen LogP contribution in [0, 0.1) is 0 Å². The van der Waals surface area contributed by atoms with Gasteiger partial charge in [-0.2, -0.15) is 4.98 Å². The molecule has 0 saturated carbocycles. The van der Waals surface area contributed by atoms with Crippen LogP contribution in [-0.2, 0) is 17.7 Å². The van der Waals surface area contributed by atoms with Crippen LogP contribution in [0.3, 0.4) is 0 Å². The zero-order chi connectivity index (χ0) is 15.2. The second kappa shape index (κ2) is 7.28. The van der Waals surface area contributed by atoms with Crippen LogP contribution in [0.5, 0.6) is 0 Å². The van der Waals surface area contributed by atoms with E-state index in [4.69, 9.17) is 9.26 Å². The number of nitrogens with zero attached hydrogens (tertiary/aromatic N) is 6. The van der Waals surface area contributed by atoms with Crippen LogP contribution < -0.4 is 4.90 Å². The minimum Gasteiger partial charge on any atom is -0.384 e.